The molecule has 0 spiro atoms. The summed E-state index contributed by atoms with van der Waals surface area (Å²) in [5.41, 5.74) is 9.58. The Bertz CT molecular complexity index is 1840. The monoisotopic (exact) mass is 517 g/mol. The first kappa shape index (κ1) is 23.5. The van der Waals surface area contributed by atoms with Gasteiger partial charge >= 0.3 is 0 Å². The van der Waals surface area contributed by atoms with Crippen LogP contribution in [0, 0.1) is 6.92 Å². The van der Waals surface area contributed by atoms with Crippen LogP contribution in [0.15, 0.2) is 146 Å². The number of hydrogen-bond donors (Lipinski definition) is 0. The molecule has 7 aromatic rings. The van der Waals surface area contributed by atoms with Crippen molar-refractivity contribution in [2.75, 3.05) is 4.90 Å². The predicted octanol–water partition coefficient (Wildman–Crippen LogP) is 11.2. The van der Waals surface area contributed by atoms with Gasteiger partial charge in [-0.25, -0.2) is 0 Å². The van der Waals surface area contributed by atoms with E-state index >= 15 is 0 Å². The molecule has 0 saturated heterocycles. The number of thiophene rings is 1. The summed E-state index contributed by atoms with van der Waals surface area (Å²) in [7, 11) is 0. The topological polar surface area (TPSA) is 3.24 Å². The third-order valence-corrected chi connectivity index (χ3v) is 8.65. The van der Waals surface area contributed by atoms with Crippen molar-refractivity contribution in [1.82, 2.24) is 0 Å². The third kappa shape index (κ3) is 4.39. The number of benzene rings is 6. The lowest BCUT2D eigenvalue weighted by Gasteiger charge is -2.27. The van der Waals surface area contributed by atoms with Crippen molar-refractivity contribution in [2.24, 2.45) is 0 Å². The van der Waals surface area contributed by atoms with Crippen LogP contribution in [0.25, 0.3) is 42.4 Å². The van der Waals surface area contributed by atoms with Crippen LogP contribution >= 0.6 is 11.3 Å². The maximum Gasteiger partial charge on any atom is 0.0471 e. The van der Waals surface area contributed by atoms with Crippen LogP contribution < -0.4 is 4.90 Å². The fourth-order valence-corrected chi connectivity index (χ4v) is 6.62. The van der Waals surface area contributed by atoms with E-state index in [9.17, 15) is 0 Å². The van der Waals surface area contributed by atoms with Crippen LogP contribution in [-0.4, -0.2) is 0 Å². The molecule has 6 aromatic carbocycles. The summed E-state index contributed by atoms with van der Waals surface area (Å²) in [4.78, 5) is 2.40. The van der Waals surface area contributed by atoms with E-state index < -0.39 is 0 Å². The van der Waals surface area contributed by atoms with Crippen LogP contribution in [-0.2, 0) is 0 Å². The van der Waals surface area contributed by atoms with Gasteiger partial charge in [0.1, 0.15) is 0 Å². The molecule has 39 heavy (non-hydrogen) atoms. The summed E-state index contributed by atoms with van der Waals surface area (Å²) in [6.07, 6.45) is 0. The largest absolute Gasteiger partial charge is 0.310 e. The van der Waals surface area contributed by atoms with Gasteiger partial charge in [-0.2, -0.15) is 0 Å². The lowest BCUT2D eigenvalue weighted by molar-refractivity contribution is 1.28. The Balaban J connectivity index is 1.45. The maximum absolute atomic E-state index is 2.40. The van der Waals surface area contributed by atoms with E-state index in [1.165, 1.54) is 53.7 Å². The lowest BCUT2D eigenvalue weighted by Crippen LogP contribution is -2.10. The molecule has 7 rings (SSSR count). The summed E-state index contributed by atoms with van der Waals surface area (Å²) >= 11 is 1.88. The van der Waals surface area contributed by atoms with Gasteiger partial charge in [0.2, 0.25) is 0 Å². The molecule has 0 saturated carbocycles. The van der Waals surface area contributed by atoms with E-state index in [2.05, 4.69) is 157 Å². The fourth-order valence-electron chi connectivity index (χ4n) is 5.47. The molecule has 0 atom stereocenters. The molecule has 0 radical (unpaired) electrons. The Labute approximate surface area is 233 Å². The molecule has 186 valence electrons. The van der Waals surface area contributed by atoms with Crippen molar-refractivity contribution in [3.05, 3.63) is 151 Å². The highest BCUT2D eigenvalue weighted by molar-refractivity contribution is 7.26. The average molecular weight is 518 g/mol. The first-order valence-corrected chi connectivity index (χ1v) is 14.1. The standard InChI is InChI=1S/C37H27NS/c1-26-22-33(25-35-34-20-8-9-21-36(34)39-37(26)35)38(31-18-10-16-29(23-31)27-12-4-2-5-13-27)32-19-11-17-30(24-32)28-14-6-3-7-15-28/h2-25H,1H3. The molecule has 0 aliphatic rings. The van der Waals surface area contributed by atoms with Crippen molar-refractivity contribution >= 4 is 48.6 Å². The second kappa shape index (κ2) is 9.90. The zero-order valence-electron chi connectivity index (χ0n) is 21.7. The van der Waals surface area contributed by atoms with Crippen molar-refractivity contribution in [1.29, 1.82) is 0 Å². The molecule has 0 bridgehead atoms. The molecular weight excluding hydrogens is 490 g/mol. The average Bonchev–Trinajstić information content (AvgIpc) is 3.38. The van der Waals surface area contributed by atoms with Crippen LogP contribution in [0.1, 0.15) is 5.56 Å². The second-order valence-electron chi connectivity index (χ2n) is 9.91. The van der Waals surface area contributed by atoms with Gasteiger partial charge in [-0.3, -0.25) is 0 Å². The molecule has 2 heteroatoms. The van der Waals surface area contributed by atoms with E-state index in [1.54, 1.807) is 0 Å². The van der Waals surface area contributed by atoms with E-state index in [-0.39, 0.29) is 0 Å². The molecule has 0 unspecified atom stereocenters. The molecule has 0 amide bonds. The first-order valence-electron chi connectivity index (χ1n) is 13.3. The van der Waals surface area contributed by atoms with Crippen molar-refractivity contribution in [3.8, 4) is 22.3 Å². The van der Waals surface area contributed by atoms with Crippen molar-refractivity contribution < 1.29 is 0 Å². The quantitative estimate of drug-likeness (QED) is 0.219. The minimum Gasteiger partial charge on any atom is -0.310 e. The number of fused-ring (bicyclic) bond motifs is 3. The van der Waals surface area contributed by atoms with E-state index in [0.717, 1.165) is 11.4 Å². The van der Waals surface area contributed by atoms with Gasteiger partial charge in [0.15, 0.2) is 0 Å². The van der Waals surface area contributed by atoms with E-state index in [4.69, 9.17) is 0 Å². The van der Waals surface area contributed by atoms with Crippen LogP contribution in [0.2, 0.25) is 0 Å². The van der Waals surface area contributed by atoms with E-state index in [1.807, 2.05) is 11.3 Å². The molecule has 1 heterocycles. The first-order chi connectivity index (χ1) is 19.2. The Kier molecular flexibility index (Phi) is 5.96. The summed E-state index contributed by atoms with van der Waals surface area (Å²) in [5, 5.41) is 2.63. The number of aryl methyl sites for hydroxylation is 1. The van der Waals surface area contributed by atoms with Crippen LogP contribution in [0.3, 0.4) is 0 Å². The normalized spacial score (nSPS) is 11.2. The molecule has 0 aliphatic carbocycles. The molecule has 0 fully saturated rings. The Hall–Kier alpha value is -4.66. The Morgan fingerprint density at radius 2 is 0.974 bits per heavy atom. The van der Waals surface area contributed by atoms with Gasteiger partial charge in [0.05, 0.1) is 0 Å². The van der Waals surface area contributed by atoms with Crippen LogP contribution in [0.4, 0.5) is 17.1 Å². The molecule has 0 N–H and O–H groups in total. The zero-order valence-corrected chi connectivity index (χ0v) is 22.5. The number of hydrogen-bond acceptors (Lipinski definition) is 2. The fraction of sp³-hybridized carbons (Fsp3) is 0.0270. The Morgan fingerprint density at radius 1 is 0.436 bits per heavy atom. The van der Waals surface area contributed by atoms with Gasteiger partial charge in [-0.1, -0.05) is 103 Å². The number of rotatable bonds is 5. The molecule has 1 nitrogen and oxygen atoms in total. The predicted molar refractivity (Wildman–Crippen MR) is 170 cm³/mol. The lowest BCUT2D eigenvalue weighted by atomic mass is 10.0. The Morgan fingerprint density at radius 3 is 1.59 bits per heavy atom. The number of nitrogens with zero attached hydrogens (tertiary/aromatic N) is 1. The van der Waals surface area contributed by atoms with Crippen LogP contribution in [0.5, 0.6) is 0 Å². The second-order valence-corrected chi connectivity index (χ2v) is 11.0. The highest BCUT2D eigenvalue weighted by atomic mass is 32.1. The highest BCUT2D eigenvalue weighted by Gasteiger charge is 2.17. The van der Waals surface area contributed by atoms with Crippen molar-refractivity contribution in [3.63, 3.8) is 0 Å². The zero-order chi connectivity index (χ0) is 26.2. The number of anilines is 3. The van der Waals surface area contributed by atoms with Gasteiger partial charge in [0, 0.05) is 37.2 Å². The SMILES string of the molecule is Cc1cc(N(c2cccc(-c3ccccc3)c2)c2cccc(-c3ccccc3)c2)cc2c1sc1ccccc12. The molecular formula is C37H27NS. The molecule has 0 aliphatic heterocycles. The smallest absolute Gasteiger partial charge is 0.0471 e. The third-order valence-electron chi connectivity index (χ3n) is 7.33. The van der Waals surface area contributed by atoms with Gasteiger partial charge in [-0.05, 0) is 77.2 Å². The molecule has 1 aromatic heterocycles. The van der Waals surface area contributed by atoms with Gasteiger partial charge in [-0.15, -0.1) is 11.3 Å². The van der Waals surface area contributed by atoms with Crippen molar-refractivity contribution in [2.45, 2.75) is 6.92 Å². The highest BCUT2D eigenvalue weighted by Crippen LogP contribution is 2.43. The maximum atomic E-state index is 2.40. The van der Waals surface area contributed by atoms with E-state index in [0.29, 0.717) is 0 Å². The summed E-state index contributed by atoms with van der Waals surface area (Å²) < 4.78 is 2.69. The van der Waals surface area contributed by atoms with Gasteiger partial charge < -0.3 is 4.90 Å². The minimum atomic E-state index is 1.14. The summed E-state index contributed by atoms with van der Waals surface area (Å²) in [6.45, 7) is 2.24. The van der Waals surface area contributed by atoms with Gasteiger partial charge in [0.25, 0.3) is 0 Å². The summed E-state index contributed by atoms with van der Waals surface area (Å²) in [5.74, 6) is 0. The minimum absolute atomic E-state index is 1.14. The summed E-state index contributed by atoms with van der Waals surface area (Å²) in [6, 6.07) is 52.4.